The Kier molecular flexibility index (Phi) is 3.66. The first-order chi connectivity index (χ1) is 8.19. The fourth-order valence-corrected chi connectivity index (χ4v) is 2.56. The normalized spacial score (nSPS) is 28.2. The minimum Gasteiger partial charge on any atom is -0.467 e. The molecule has 5 nitrogen and oxygen atoms in total. The Morgan fingerprint density at radius 1 is 1.29 bits per heavy atom. The van der Waals surface area contributed by atoms with Crippen molar-refractivity contribution in [3.05, 3.63) is 0 Å². The molecule has 2 fully saturated rings. The minimum absolute atomic E-state index is 0.00259. The number of aliphatic hydroxyl groups is 1. The summed E-state index contributed by atoms with van der Waals surface area (Å²) in [6.07, 6.45) is 3.82. The standard InChI is InChI=1S/C12H19NO4/c1-17-12(16)10-5-4-9(6-7-14)13(10)11(15)8-2-3-8/h8-10,14H,2-7H2,1H3. The second-order valence-electron chi connectivity index (χ2n) is 4.80. The molecule has 1 aliphatic carbocycles. The highest BCUT2D eigenvalue weighted by atomic mass is 16.5. The molecule has 1 amide bonds. The van der Waals surface area contributed by atoms with E-state index in [-0.39, 0.29) is 30.4 Å². The first kappa shape index (κ1) is 12.4. The fraction of sp³-hybridized carbons (Fsp3) is 0.833. The van der Waals surface area contributed by atoms with E-state index in [0.29, 0.717) is 12.8 Å². The van der Waals surface area contributed by atoms with E-state index < -0.39 is 6.04 Å². The van der Waals surface area contributed by atoms with Gasteiger partial charge in [-0.05, 0) is 32.1 Å². The summed E-state index contributed by atoms with van der Waals surface area (Å²) in [5, 5.41) is 9.01. The molecule has 1 saturated carbocycles. The predicted octanol–water partition coefficient (Wildman–Crippen LogP) is 0.311. The Balaban J connectivity index is 2.10. The predicted molar refractivity (Wildman–Crippen MR) is 60.1 cm³/mol. The van der Waals surface area contributed by atoms with E-state index in [2.05, 4.69) is 0 Å². The Bertz CT molecular complexity index is 314. The third-order valence-electron chi connectivity index (χ3n) is 3.62. The Morgan fingerprint density at radius 3 is 2.53 bits per heavy atom. The largest absolute Gasteiger partial charge is 0.467 e. The molecule has 17 heavy (non-hydrogen) atoms. The average molecular weight is 241 g/mol. The highest BCUT2D eigenvalue weighted by Gasteiger charge is 2.45. The van der Waals surface area contributed by atoms with Gasteiger partial charge in [-0.15, -0.1) is 0 Å². The van der Waals surface area contributed by atoms with Gasteiger partial charge in [-0.2, -0.15) is 0 Å². The van der Waals surface area contributed by atoms with Crippen LogP contribution in [0.1, 0.15) is 32.1 Å². The summed E-state index contributed by atoms with van der Waals surface area (Å²) in [7, 11) is 1.35. The van der Waals surface area contributed by atoms with Gasteiger partial charge in [0.25, 0.3) is 0 Å². The number of esters is 1. The van der Waals surface area contributed by atoms with Crippen LogP contribution < -0.4 is 0 Å². The van der Waals surface area contributed by atoms with Crippen LogP contribution in [0, 0.1) is 5.92 Å². The number of ether oxygens (including phenoxy) is 1. The first-order valence-corrected chi connectivity index (χ1v) is 6.20. The van der Waals surface area contributed by atoms with E-state index in [9.17, 15) is 9.59 Å². The van der Waals surface area contributed by atoms with Crippen molar-refractivity contribution >= 4 is 11.9 Å². The minimum atomic E-state index is -0.440. The maximum atomic E-state index is 12.2. The van der Waals surface area contributed by atoms with E-state index in [1.807, 2.05) is 0 Å². The van der Waals surface area contributed by atoms with Gasteiger partial charge in [-0.1, -0.05) is 0 Å². The molecule has 1 heterocycles. The Morgan fingerprint density at radius 2 is 2.00 bits per heavy atom. The number of aliphatic hydroxyl groups excluding tert-OH is 1. The lowest BCUT2D eigenvalue weighted by Crippen LogP contribution is -2.46. The Hall–Kier alpha value is -1.10. The van der Waals surface area contributed by atoms with Crippen molar-refractivity contribution in [3.8, 4) is 0 Å². The van der Waals surface area contributed by atoms with Crippen LogP contribution in [0.5, 0.6) is 0 Å². The van der Waals surface area contributed by atoms with Crippen molar-refractivity contribution in [3.63, 3.8) is 0 Å². The fourth-order valence-electron chi connectivity index (χ4n) is 2.56. The lowest BCUT2D eigenvalue weighted by Gasteiger charge is -2.28. The molecule has 0 aromatic carbocycles. The Labute approximate surface area is 101 Å². The van der Waals surface area contributed by atoms with Crippen LogP contribution in [0.4, 0.5) is 0 Å². The van der Waals surface area contributed by atoms with Crippen molar-refractivity contribution in [2.45, 2.75) is 44.2 Å². The molecular formula is C12H19NO4. The van der Waals surface area contributed by atoms with E-state index >= 15 is 0 Å². The third-order valence-corrected chi connectivity index (χ3v) is 3.62. The van der Waals surface area contributed by atoms with Crippen LogP contribution in [0.25, 0.3) is 0 Å². The van der Waals surface area contributed by atoms with Crippen molar-refractivity contribution in [2.75, 3.05) is 13.7 Å². The molecule has 2 atom stereocenters. The van der Waals surface area contributed by atoms with Gasteiger partial charge in [-0.3, -0.25) is 4.79 Å². The third kappa shape index (κ3) is 2.44. The number of rotatable bonds is 4. The molecule has 0 radical (unpaired) electrons. The lowest BCUT2D eigenvalue weighted by atomic mass is 10.1. The van der Waals surface area contributed by atoms with Gasteiger partial charge in [0.15, 0.2) is 0 Å². The lowest BCUT2D eigenvalue weighted by molar-refractivity contribution is -0.152. The zero-order chi connectivity index (χ0) is 12.4. The number of nitrogens with zero attached hydrogens (tertiary/aromatic N) is 1. The van der Waals surface area contributed by atoms with Crippen LogP contribution in [-0.4, -0.2) is 47.7 Å². The maximum absolute atomic E-state index is 12.2. The molecule has 0 aromatic heterocycles. The highest BCUT2D eigenvalue weighted by Crippen LogP contribution is 2.36. The topological polar surface area (TPSA) is 66.8 Å². The van der Waals surface area contributed by atoms with Crippen molar-refractivity contribution in [1.82, 2.24) is 4.90 Å². The van der Waals surface area contributed by atoms with Crippen LogP contribution in [0.2, 0.25) is 0 Å². The average Bonchev–Trinajstić information content (AvgIpc) is 3.10. The zero-order valence-corrected chi connectivity index (χ0v) is 10.1. The molecule has 0 spiro atoms. The SMILES string of the molecule is COC(=O)C1CCC(CCO)N1C(=O)C1CC1. The monoisotopic (exact) mass is 241 g/mol. The summed E-state index contributed by atoms with van der Waals surface area (Å²) in [6, 6.07) is -0.443. The molecule has 1 saturated heterocycles. The quantitative estimate of drug-likeness (QED) is 0.719. The van der Waals surface area contributed by atoms with Gasteiger partial charge in [0.1, 0.15) is 6.04 Å². The molecule has 96 valence electrons. The van der Waals surface area contributed by atoms with Crippen molar-refractivity contribution in [2.24, 2.45) is 5.92 Å². The number of hydrogen-bond donors (Lipinski definition) is 1. The molecule has 2 aliphatic rings. The van der Waals surface area contributed by atoms with E-state index in [1.165, 1.54) is 7.11 Å². The number of carbonyl (C=O) groups excluding carboxylic acids is 2. The summed E-state index contributed by atoms with van der Waals surface area (Å²) in [5.74, 6) is -0.169. The van der Waals surface area contributed by atoms with E-state index in [1.54, 1.807) is 4.90 Å². The molecule has 2 unspecified atom stereocenters. The second-order valence-corrected chi connectivity index (χ2v) is 4.80. The first-order valence-electron chi connectivity index (χ1n) is 6.20. The zero-order valence-electron chi connectivity index (χ0n) is 10.1. The molecule has 5 heteroatoms. The van der Waals surface area contributed by atoms with Crippen molar-refractivity contribution < 1.29 is 19.4 Å². The van der Waals surface area contributed by atoms with E-state index in [4.69, 9.17) is 9.84 Å². The van der Waals surface area contributed by atoms with Gasteiger partial charge in [-0.25, -0.2) is 4.79 Å². The van der Waals surface area contributed by atoms with Crippen LogP contribution in [0.3, 0.4) is 0 Å². The number of amides is 1. The molecule has 1 N–H and O–H groups in total. The van der Waals surface area contributed by atoms with Gasteiger partial charge in [0.05, 0.1) is 7.11 Å². The van der Waals surface area contributed by atoms with Gasteiger partial charge in [0, 0.05) is 18.6 Å². The molecule has 0 aromatic rings. The summed E-state index contributed by atoms with van der Waals surface area (Å²) < 4.78 is 4.75. The van der Waals surface area contributed by atoms with E-state index in [0.717, 1.165) is 19.3 Å². The van der Waals surface area contributed by atoms with Gasteiger partial charge in [0.2, 0.25) is 5.91 Å². The summed E-state index contributed by atoms with van der Waals surface area (Å²) in [6.45, 7) is 0.0486. The summed E-state index contributed by atoms with van der Waals surface area (Å²) >= 11 is 0. The number of hydrogen-bond acceptors (Lipinski definition) is 4. The second kappa shape index (κ2) is 5.04. The molecule has 2 rings (SSSR count). The summed E-state index contributed by atoms with van der Waals surface area (Å²) in [4.78, 5) is 25.5. The van der Waals surface area contributed by atoms with Crippen LogP contribution in [0.15, 0.2) is 0 Å². The summed E-state index contributed by atoms with van der Waals surface area (Å²) in [5.41, 5.74) is 0. The maximum Gasteiger partial charge on any atom is 0.328 e. The highest BCUT2D eigenvalue weighted by molar-refractivity contribution is 5.88. The molecule has 1 aliphatic heterocycles. The van der Waals surface area contributed by atoms with Gasteiger partial charge >= 0.3 is 5.97 Å². The van der Waals surface area contributed by atoms with Crippen LogP contribution >= 0.6 is 0 Å². The molecule has 0 bridgehead atoms. The number of likely N-dealkylation sites (tertiary alicyclic amines) is 1. The van der Waals surface area contributed by atoms with Gasteiger partial charge < -0.3 is 14.7 Å². The number of carbonyl (C=O) groups is 2. The molecular weight excluding hydrogens is 222 g/mol. The number of methoxy groups -OCH3 is 1. The smallest absolute Gasteiger partial charge is 0.328 e. The van der Waals surface area contributed by atoms with Crippen LogP contribution in [-0.2, 0) is 14.3 Å². The van der Waals surface area contributed by atoms with Crippen molar-refractivity contribution in [1.29, 1.82) is 0 Å².